The van der Waals surface area contributed by atoms with Crippen molar-refractivity contribution in [2.45, 2.75) is 19.9 Å². The highest BCUT2D eigenvalue weighted by Crippen LogP contribution is 2.36. The highest BCUT2D eigenvalue weighted by Gasteiger charge is 2.24. The number of nitrogens with two attached hydrogens (primary N) is 1. The summed E-state index contributed by atoms with van der Waals surface area (Å²) in [5, 5.41) is 0.982. The maximum atomic E-state index is 11.4. The molecule has 2 aromatic rings. The van der Waals surface area contributed by atoms with Crippen LogP contribution in [0.25, 0.3) is 10.2 Å². The fourth-order valence-electron chi connectivity index (χ4n) is 2.22. The lowest BCUT2D eigenvalue weighted by molar-refractivity contribution is -0.129. The van der Waals surface area contributed by atoms with Gasteiger partial charge in [0.25, 0.3) is 0 Å². The van der Waals surface area contributed by atoms with Gasteiger partial charge in [0.2, 0.25) is 5.91 Å². The normalized spacial score (nSPS) is 15.0. The van der Waals surface area contributed by atoms with Crippen LogP contribution in [0.4, 0.5) is 5.82 Å². The number of nitrogens with zero attached hydrogens (tertiary/aromatic N) is 3. The van der Waals surface area contributed by atoms with Gasteiger partial charge in [-0.1, -0.05) is 0 Å². The number of aromatic nitrogens is 2. The zero-order chi connectivity index (χ0) is 12.0. The Morgan fingerprint density at radius 3 is 3.12 bits per heavy atom. The van der Waals surface area contributed by atoms with Crippen molar-refractivity contribution in [2.24, 2.45) is 0 Å². The van der Waals surface area contributed by atoms with Crippen molar-refractivity contribution in [3.63, 3.8) is 0 Å². The smallest absolute Gasteiger partial charge is 0.219 e. The lowest BCUT2D eigenvalue weighted by atomic mass is 10.1. The van der Waals surface area contributed by atoms with Crippen LogP contribution in [-0.2, 0) is 17.8 Å². The molecule has 0 atom stereocenters. The van der Waals surface area contributed by atoms with Gasteiger partial charge < -0.3 is 10.6 Å². The molecule has 1 aliphatic heterocycles. The lowest BCUT2D eigenvalue weighted by Gasteiger charge is -2.25. The van der Waals surface area contributed by atoms with E-state index in [9.17, 15) is 4.79 Å². The van der Waals surface area contributed by atoms with Crippen LogP contribution in [0, 0.1) is 0 Å². The van der Waals surface area contributed by atoms with Gasteiger partial charge >= 0.3 is 0 Å². The fraction of sp³-hybridized carbons (Fsp3) is 0.364. The second-order valence-corrected chi connectivity index (χ2v) is 5.22. The molecule has 1 aliphatic rings. The summed E-state index contributed by atoms with van der Waals surface area (Å²) in [5.41, 5.74) is 7.12. The fourth-order valence-corrected chi connectivity index (χ4v) is 3.43. The Balaban J connectivity index is 2.14. The van der Waals surface area contributed by atoms with E-state index in [-0.39, 0.29) is 5.91 Å². The van der Waals surface area contributed by atoms with Crippen molar-refractivity contribution in [1.82, 2.24) is 14.9 Å². The van der Waals surface area contributed by atoms with Crippen LogP contribution in [0.5, 0.6) is 0 Å². The Labute approximate surface area is 102 Å². The van der Waals surface area contributed by atoms with E-state index < -0.39 is 0 Å². The van der Waals surface area contributed by atoms with Gasteiger partial charge in [0.15, 0.2) is 0 Å². The molecule has 1 amide bonds. The summed E-state index contributed by atoms with van der Waals surface area (Å²) in [6.45, 7) is 3.03. The Morgan fingerprint density at radius 2 is 2.35 bits per heavy atom. The molecule has 88 valence electrons. The predicted octanol–water partition coefficient (Wildman–Crippen LogP) is 1.18. The zero-order valence-corrected chi connectivity index (χ0v) is 10.3. The molecular formula is C11H12N4OS. The molecule has 3 rings (SSSR count). The molecule has 0 unspecified atom stereocenters. The number of carbonyl (C=O) groups excluding carboxylic acids is 1. The van der Waals surface area contributed by atoms with E-state index in [0.29, 0.717) is 12.4 Å². The molecule has 0 spiro atoms. The third kappa shape index (κ3) is 1.56. The molecule has 3 heterocycles. The SMILES string of the molecule is CC(=O)N1CCc2c(sc3ncnc(N)c23)C1. The quantitative estimate of drug-likeness (QED) is 0.759. The summed E-state index contributed by atoms with van der Waals surface area (Å²) in [7, 11) is 0. The van der Waals surface area contributed by atoms with Crippen LogP contribution in [0.2, 0.25) is 0 Å². The molecule has 5 nitrogen and oxygen atoms in total. The van der Waals surface area contributed by atoms with Crippen molar-refractivity contribution in [3.8, 4) is 0 Å². The van der Waals surface area contributed by atoms with Crippen LogP contribution in [0.3, 0.4) is 0 Å². The molecule has 2 aromatic heterocycles. The third-order valence-electron chi connectivity index (χ3n) is 3.11. The second kappa shape index (κ2) is 3.66. The van der Waals surface area contributed by atoms with E-state index >= 15 is 0 Å². The lowest BCUT2D eigenvalue weighted by Crippen LogP contribution is -2.33. The van der Waals surface area contributed by atoms with Gasteiger partial charge in [-0.15, -0.1) is 11.3 Å². The van der Waals surface area contributed by atoms with Crippen LogP contribution >= 0.6 is 11.3 Å². The number of hydrogen-bond acceptors (Lipinski definition) is 5. The average molecular weight is 248 g/mol. The number of nitrogen functional groups attached to an aromatic ring is 1. The molecule has 0 saturated carbocycles. The molecule has 0 aromatic carbocycles. The third-order valence-corrected chi connectivity index (χ3v) is 4.24. The largest absolute Gasteiger partial charge is 0.383 e. The Kier molecular flexibility index (Phi) is 2.25. The molecule has 0 radical (unpaired) electrons. The Morgan fingerprint density at radius 1 is 1.53 bits per heavy atom. The summed E-state index contributed by atoms with van der Waals surface area (Å²) < 4.78 is 0. The summed E-state index contributed by atoms with van der Waals surface area (Å²) >= 11 is 1.61. The number of thiophene rings is 1. The molecule has 0 saturated heterocycles. The standard InChI is InChI=1S/C11H12N4OS/c1-6(16)15-3-2-7-8(4-15)17-11-9(7)10(12)13-5-14-11/h5H,2-4H2,1H3,(H2,12,13,14). The van der Waals surface area contributed by atoms with Crippen LogP contribution in [-0.4, -0.2) is 27.3 Å². The first-order valence-corrected chi connectivity index (χ1v) is 6.24. The van der Waals surface area contributed by atoms with Gasteiger partial charge in [-0.25, -0.2) is 9.97 Å². The van der Waals surface area contributed by atoms with Crippen molar-refractivity contribution >= 4 is 33.3 Å². The van der Waals surface area contributed by atoms with E-state index in [0.717, 1.165) is 23.2 Å². The van der Waals surface area contributed by atoms with Gasteiger partial charge in [0.05, 0.1) is 11.9 Å². The van der Waals surface area contributed by atoms with Gasteiger partial charge in [-0.2, -0.15) is 0 Å². The van der Waals surface area contributed by atoms with Gasteiger partial charge in [-0.05, 0) is 12.0 Å². The molecule has 0 bridgehead atoms. The minimum atomic E-state index is 0.118. The summed E-state index contributed by atoms with van der Waals surface area (Å²) in [5.74, 6) is 0.663. The van der Waals surface area contributed by atoms with Crippen molar-refractivity contribution in [3.05, 3.63) is 16.8 Å². The summed E-state index contributed by atoms with van der Waals surface area (Å²) in [4.78, 5) is 23.6. The van der Waals surface area contributed by atoms with E-state index in [4.69, 9.17) is 5.73 Å². The summed E-state index contributed by atoms with van der Waals surface area (Å²) in [6.07, 6.45) is 2.33. The first-order valence-electron chi connectivity index (χ1n) is 5.43. The molecule has 0 fully saturated rings. The summed E-state index contributed by atoms with van der Waals surface area (Å²) in [6, 6.07) is 0. The molecule has 2 N–H and O–H groups in total. The number of anilines is 1. The van der Waals surface area contributed by atoms with Gasteiger partial charge in [0.1, 0.15) is 17.0 Å². The van der Waals surface area contributed by atoms with Crippen LogP contribution in [0.1, 0.15) is 17.4 Å². The minimum absolute atomic E-state index is 0.118. The maximum Gasteiger partial charge on any atom is 0.219 e. The number of rotatable bonds is 0. The highest BCUT2D eigenvalue weighted by molar-refractivity contribution is 7.18. The first-order chi connectivity index (χ1) is 8.16. The Bertz CT molecular complexity index is 607. The number of fused-ring (bicyclic) bond motifs is 3. The van der Waals surface area contributed by atoms with E-state index in [1.807, 2.05) is 4.90 Å². The highest BCUT2D eigenvalue weighted by atomic mass is 32.1. The predicted molar refractivity (Wildman–Crippen MR) is 66.6 cm³/mol. The van der Waals surface area contributed by atoms with Crippen molar-refractivity contribution < 1.29 is 4.79 Å². The first kappa shape index (κ1) is 10.5. The minimum Gasteiger partial charge on any atom is -0.383 e. The van der Waals surface area contributed by atoms with Crippen molar-refractivity contribution in [1.29, 1.82) is 0 Å². The van der Waals surface area contributed by atoms with Crippen molar-refractivity contribution in [2.75, 3.05) is 12.3 Å². The second-order valence-electron chi connectivity index (χ2n) is 4.13. The number of hydrogen-bond donors (Lipinski definition) is 1. The maximum absolute atomic E-state index is 11.4. The van der Waals surface area contributed by atoms with Gasteiger partial charge in [0, 0.05) is 18.3 Å². The monoisotopic (exact) mass is 248 g/mol. The van der Waals surface area contributed by atoms with E-state index in [1.54, 1.807) is 18.3 Å². The average Bonchev–Trinajstić information content (AvgIpc) is 2.67. The molecular weight excluding hydrogens is 236 g/mol. The Hall–Kier alpha value is -1.69. The number of carbonyl (C=O) groups is 1. The topological polar surface area (TPSA) is 72.1 Å². The van der Waals surface area contributed by atoms with Crippen LogP contribution < -0.4 is 5.73 Å². The van der Waals surface area contributed by atoms with Crippen LogP contribution in [0.15, 0.2) is 6.33 Å². The van der Waals surface area contributed by atoms with Gasteiger partial charge in [-0.3, -0.25) is 4.79 Å². The molecule has 6 heteroatoms. The molecule has 17 heavy (non-hydrogen) atoms. The van der Waals surface area contributed by atoms with E-state index in [1.165, 1.54) is 16.8 Å². The molecule has 0 aliphatic carbocycles. The zero-order valence-electron chi connectivity index (χ0n) is 9.43. The van der Waals surface area contributed by atoms with E-state index in [2.05, 4.69) is 9.97 Å². The number of amides is 1.